The molecule has 0 aliphatic carbocycles. The molecule has 1 atom stereocenters. The van der Waals surface area contributed by atoms with Crippen LogP contribution >= 0.6 is 11.6 Å². The van der Waals surface area contributed by atoms with Crippen molar-refractivity contribution in [3.8, 4) is 6.07 Å². The fourth-order valence-electron chi connectivity index (χ4n) is 4.28. The second-order valence-corrected chi connectivity index (χ2v) is 10.1. The number of benzene rings is 3. The number of hydrogen-bond donors (Lipinski definition) is 1. The van der Waals surface area contributed by atoms with E-state index < -0.39 is 21.8 Å². The molecular weight excluding hydrogens is 477 g/mol. The quantitative estimate of drug-likeness (QED) is 0.553. The van der Waals surface area contributed by atoms with Crippen molar-refractivity contribution < 1.29 is 17.5 Å². The van der Waals surface area contributed by atoms with Gasteiger partial charge in [0.1, 0.15) is 22.4 Å². The Morgan fingerprint density at radius 3 is 2.56 bits per heavy atom. The van der Waals surface area contributed by atoms with Crippen molar-refractivity contribution in [3.05, 3.63) is 117 Å². The Labute approximate surface area is 201 Å². The standard InChI is InChI=1S/C25H17ClFN3O3S/c26-17-8-5-7-15(12-17)22-19(13-28)25(29)33-23-18-9-2-4-11-21(18)30(34(31,32)24(22)23)14-16-6-1-3-10-20(16)27/h1-12,22H,14,29H2. The number of anilines is 1. The smallest absolute Gasteiger partial charge is 0.265 e. The zero-order valence-corrected chi connectivity index (χ0v) is 19.1. The van der Waals surface area contributed by atoms with E-state index in [0.717, 1.165) is 4.31 Å². The van der Waals surface area contributed by atoms with E-state index in [4.69, 9.17) is 22.1 Å². The summed E-state index contributed by atoms with van der Waals surface area (Å²) in [5.41, 5.74) is 7.51. The van der Waals surface area contributed by atoms with Crippen molar-refractivity contribution in [1.29, 1.82) is 5.26 Å². The number of ether oxygens (including phenoxy) is 1. The van der Waals surface area contributed by atoms with Gasteiger partial charge in [-0.2, -0.15) is 5.26 Å². The Morgan fingerprint density at radius 1 is 1.09 bits per heavy atom. The van der Waals surface area contributed by atoms with Crippen molar-refractivity contribution in [2.45, 2.75) is 12.5 Å². The minimum Gasteiger partial charge on any atom is -0.439 e. The summed E-state index contributed by atoms with van der Waals surface area (Å²) in [5.74, 6) is -1.71. The van der Waals surface area contributed by atoms with E-state index in [2.05, 4.69) is 0 Å². The van der Waals surface area contributed by atoms with Crippen LogP contribution in [0.1, 0.15) is 22.6 Å². The third-order valence-corrected chi connectivity index (χ3v) is 7.93. The van der Waals surface area contributed by atoms with Crippen LogP contribution in [0.4, 0.5) is 10.1 Å². The van der Waals surface area contributed by atoms with Crippen molar-refractivity contribution in [2.24, 2.45) is 5.73 Å². The van der Waals surface area contributed by atoms with Gasteiger partial charge in [-0.05, 0) is 35.9 Å². The van der Waals surface area contributed by atoms with Gasteiger partial charge in [0.2, 0.25) is 5.88 Å². The molecular formula is C25H17ClFN3O3S. The fourth-order valence-corrected chi connectivity index (χ4v) is 6.38. The maximum atomic E-state index is 14.5. The predicted octanol–water partition coefficient (Wildman–Crippen LogP) is 5.01. The van der Waals surface area contributed by atoms with Gasteiger partial charge in [0.05, 0.1) is 18.2 Å². The van der Waals surface area contributed by atoms with Crippen LogP contribution in [-0.4, -0.2) is 8.42 Å². The highest BCUT2D eigenvalue weighted by atomic mass is 35.5. The zero-order valence-electron chi connectivity index (χ0n) is 17.6. The summed E-state index contributed by atoms with van der Waals surface area (Å²) < 4.78 is 49.7. The lowest BCUT2D eigenvalue weighted by Gasteiger charge is -2.38. The molecule has 0 aromatic heterocycles. The highest BCUT2D eigenvalue weighted by molar-refractivity contribution is 7.96. The first-order chi connectivity index (χ1) is 16.3. The van der Waals surface area contributed by atoms with Crippen molar-refractivity contribution in [1.82, 2.24) is 0 Å². The first-order valence-corrected chi connectivity index (χ1v) is 12.1. The molecule has 9 heteroatoms. The number of nitrogens with zero attached hydrogens (tertiary/aromatic N) is 2. The van der Waals surface area contributed by atoms with Gasteiger partial charge in [0, 0.05) is 16.1 Å². The molecule has 6 nitrogen and oxygen atoms in total. The molecule has 2 aliphatic heterocycles. The van der Waals surface area contributed by atoms with Gasteiger partial charge in [-0.25, -0.2) is 12.8 Å². The van der Waals surface area contributed by atoms with E-state index in [9.17, 15) is 18.1 Å². The van der Waals surface area contributed by atoms with E-state index in [1.807, 2.05) is 6.07 Å². The first-order valence-electron chi connectivity index (χ1n) is 10.3. The second kappa shape index (κ2) is 8.20. The van der Waals surface area contributed by atoms with Crippen LogP contribution in [0.3, 0.4) is 0 Å². The molecule has 34 heavy (non-hydrogen) atoms. The number of nitrogens with two attached hydrogens (primary N) is 1. The minimum atomic E-state index is -4.29. The monoisotopic (exact) mass is 493 g/mol. The number of fused-ring (bicyclic) bond motifs is 2. The molecule has 1 unspecified atom stereocenters. The van der Waals surface area contributed by atoms with E-state index in [1.54, 1.807) is 54.6 Å². The summed E-state index contributed by atoms with van der Waals surface area (Å²) in [4.78, 5) is -0.143. The maximum absolute atomic E-state index is 14.5. The van der Waals surface area contributed by atoms with Crippen molar-refractivity contribution >= 4 is 33.1 Å². The molecule has 0 saturated carbocycles. The van der Waals surface area contributed by atoms with E-state index in [0.29, 0.717) is 21.8 Å². The van der Waals surface area contributed by atoms with Crippen LogP contribution in [0.5, 0.6) is 0 Å². The van der Waals surface area contributed by atoms with Crippen LogP contribution in [-0.2, 0) is 21.3 Å². The number of allylic oxidation sites excluding steroid dienone is 2. The van der Waals surface area contributed by atoms with Gasteiger partial charge in [0.25, 0.3) is 10.0 Å². The molecule has 5 rings (SSSR count). The maximum Gasteiger partial charge on any atom is 0.265 e. The molecule has 2 N–H and O–H groups in total. The Hall–Kier alpha value is -3.80. The molecule has 2 aliphatic rings. The molecule has 170 valence electrons. The number of halogens is 2. The highest BCUT2D eigenvalue weighted by Gasteiger charge is 2.47. The second-order valence-electron chi connectivity index (χ2n) is 7.79. The molecule has 2 heterocycles. The Kier molecular flexibility index (Phi) is 5.31. The summed E-state index contributed by atoms with van der Waals surface area (Å²) in [6, 6.07) is 21.3. The number of rotatable bonds is 3. The first kappa shape index (κ1) is 22.0. The van der Waals surface area contributed by atoms with Gasteiger partial charge in [-0.1, -0.05) is 54.1 Å². The Bertz CT molecular complexity index is 1540. The third-order valence-electron chi connectivity index (χ3n) is 5.81. The van der Waals surface area contributed by atoms with Gasteiger partial charge in [-0.3, -0.25) is 4.31 Å². The van der Waals surface area contributed by atoms with Crippen molar-refractivity contribution in [2.75, 3.05) is 4.31 Å². The molecule has 0 saturated heterocycles. The molecule has 0 amide bonds. The van der Waals surface area contributed by atoms with Gasteiger partial charge in [-0.15, -0.1) is 0 Å². The molecule has 0 spiro atoms. The average Bonchev–Trinajstić information content (AvgIpc) is 2.82. The minimum absolute atomic E-state index is 0.0434. The van der Waals surface area contributed by atoms with Crippen LogP contribution in [0.25, 0.3) is 5.76 Å². The summed E-state index contributed by atoms with van der Waals surface area (Å²) in [7, 11) is -4.29. The highest BCUT2D eigenvalue weighted by Crippen LogP contribution is 2.51. The largest absolute Gasteiger partial charge is 0.439 e. The molecule has 0 fully saturated rings. The molecule has 0 bridgehead atoms. The van der Waals surface area contributed by atoms with E-state index >= 15 is 0 Å². The molecule has 0 radical (unpaired) electrons. The SMILES string of the molecule is N#CC1=C(N)OC2=C(C1c1cccc(Cl)c1)S(=O)(=O)N(Cc1ccccc1F)c1ccccc12. The Balaban J connectivity index is 1.78. The summed E-state index contributed by atoms with van der Waals surface area (Å²) >= 11 is 6.19. The van der Waals surface area contributed by atoms with Gasteiger partial charge in [0.15, 0.2) is 5.76 Å². The van der Waals surface area contributed by atoms with Crippen LogP contribution in [0, 0.1) is 17.1 Å². The molecule has 3 aromatic rings. The predicted molar refractivity (Wildman–Crippen MR) is 127 cm³/mol. The summed E-state index contributed by atoms with van der Waals surface area (Å²) in [5, 5.41) is 10.2. The van der Waals surface area contributed by atoms with Crippen LogP contribution in [0.2, 0.25) is 5.02 Å². The zero-order chi connectivity index (χ0) is 24.0. The Morgan fingerprint density at radius 2 is 1.82 bits per heavy atom. The summed E-state index contributed by atoms with van der Waals surface area (Å²) in [6.07, 6.45) is 0. The average molecular weight is 494 g/mol. The topological polar surface area (TPSA) is 96.4 Å². The third kappa shape index (κ3) is 3.41. The number of para-hydroxylation sites is 1. The lowest BCUT2D eigenvalue weighted by molar-refractivity contribution is 0.357. The number of nitriles is 1. The molecule has 3 aromatic carbocycles. The number of hydrogen-bond acceptors (Lipinski definition) is 5. The van der Waals surface area contributed by atoms with Gasteiger partial charge >= 0.3 is 0 Å². The lowest BCUT2D eigenvalue weighted by Crippen LogP contribution is -2.39. The fraction of sp³-hybridized carbons (Fsp3) is 0.0800. The van der Waals surface area contributed by atoms with E-state index in [1.165, 1.54) is 18.2 Å². The van der Waals surface area contributed by atoms with E-state index in [-0.39, 0.29) is 34.2 Å². The van der Waals surface area contributed by atoms with Crippen molar-refractivity contribution in [3.63, 3.8) is 0 Å². The van der Waals surface area contributed by atoms with Crippen LogP contribution < -0.4 is 10.0 Å². The lowest BCUT2D eigenvalue weighted by atomic mass is 9.88. The summed E-state index contributed by atoms with van der Waals surface area (Å²) in [6.45, 7) is -0.244. The normalized spacial score (nSPS) is 18.6. The number of sulfonamides is 1. The van der Waals surface area contributed by atoms with Crippen LogP contribution in [0.15, 0.2) is 89.2 Å². The van der Waals surface area contributed by atoms with Gasteiger partial charge < -0.3 is 10.5 Å².